The lowest BCUT2D eigenvalue weighted by Gasteiger charge is -2.38. The van der Waals surface area contributed by atoms with Gasteiger partial charge in [0.2, 0.25) is 0 Å². The van der Waals surface area contributed by atoms with Crippen LogP contribution in [0.15, 0.2) is 34.7 Å². The summed E-state index contributed by atoms with van der Waals surface area (Å²) in [5.74, 6) is -3.99. The molecule has 8 nitrogen and oxygen atoms in total. The standard InChI is InChI=1S/C25H30ClNO7/c1-7-12(3)34-25(31)19-13(4)27-16-8-11(2)18(24(30)33-6)23(29)21(16)20(19)14-9-15(26)22(28)17(10-14)32-5/h9-12,18,20,27-28H,7-8H2,1-6H3/t11-,12-,18-,20+/m0/s1. The maximum absolute atomic E-state index is 13.7. The molecule has 4 atom stereocenters. The van der Waals surface area contributed by atoms with Crippen molar-refractivity contribution in [3.05, 3.63) is 45.3 Å². The van der Waals surface area contributed by atoms with Gasteiger partial charge in [-0.3, -0.25) is 9.59 Å². The summed E-state index contributed by atoms with van der Waals surface area (Å²) < 4.78 is 15.8. The molecule has 3 rings (SSSR count). The van der Waals surface area contributed by atoms with Gasteiger partial charge >= 0.3 is 11.9 Å². The Morgan fingerprint density at radius 2 is 1.97 bits per heavy atom. The normalized spacial score (nSPS) is 23.1. The monoisotopic (exact) mass is 491 g/mol. The summed E-state index contributed by atoms with van der Waals surface area (Å²) in [5.41, 5.74) is 2.13. The molecule has 9 heteroatoms. The number of rotatable bonds is 6. The van der Waals surface area contributed by atoms with E-state index in [4.69, 9.17) is 25.8 Å². The number of hydrogen-bond donors (Lipinski definition) is 2. The average Bonchev–Trinajstić information content (AvgIpc) is 2.79. The van der Waals surface area contributed by atoms with Gasteiger partial charge in [-0.2, -0.15) is 0 Å². The van der Waals surface area contributed by atoms with Crippen molar-refractivity contribution in [2.24, 2.45) is 11.8 Å². The molecule has 1 aromatic carbocycles. The van der Waals surface area contributed by atoms with Crippen molar-refractivity contribution >= 4 is 29.3 Å². The number of carbonyl (C=O) groups excluding carboxylic acids is 3. The Hall–Kier alpha value is -3.00. The predicted molar refractivity (Wildman–Crippen MR) is 125 cm³/mol. The molecule has 1 aliphatic carbocycles. The molecular weight excluding hydrogens is 462 g/mol. The number of aromatic hydroxyl groups is 1. The Bertz CT molecular complexity index is 1090. The number of phenolic OH excluding ortho intramolecular Hbond substituents is 1. The van der Waals surface area contributed by atoms with Gasteiger partial charge in [-0.15, -0.1) is 0 Å². The average molecular weight is 492 g/mol. The molecule has 0 bridgehead atoms. The SMILES string of the molecule is CC[C@H](C)OC(=O)C1=C(C)NC2=C(C(=O)[C@@H](C(=O)OC)[C@@H](C)C2)[C@@H]1c1cc(Cl)c(O)c(OC)c1. The fourth-order valence-electron chi connectivity index (χ4n) is 4.53. The summed E-state index contributed by atoms with van der Waals surface area (Å²) in [6, 6.07) is 3.02. The molecule has 0 unspecified atom stereocenters. The van der Waals surface area contributed by atoms with Crippen LogP contribution in [0.1, 0.15) is 52.0 Å². The van der Waals surface area contributed by atoms with Gasteiger partial charge in [-0.25, -0.2) is 4.79 Å². The minimum atomic E-state index is -1.01. The Kier molecular flexibility index (Phi) is 7.60. The quantitative estimate of drug-likeness (QED) is 0.453. The van der Waals surface area contributed by atoms with Crippen molar-refractivity contribution in [2.45, 2.75) is 52.6 Å². The number of ketones is 1. The first-order valence-corrected chi connectivity index (χ1v) is 11.5. The van der Waals surface area contributed by atoms with Crippen LogP contribution < -0.4 is 10.1 Å². The highest BCUT2D eigenvalue weighted by molar-refractivity contribution is 6.32. The number of nitrogens with one attached hydrogen (secondary N) is 1. The van der Waals surface area contributed by atoms with Crippen LogP contribution in [0.2, 0.25) is 5.02 Å². The minimum absolute atomic E-state index is 0.00322. The second-order valence-corrected chi connectivity index (χ2v) is 9.12. The number of methoxy groups -OCH3 is 2. The maximum Gasteiger partial charge on any atom is 0.337 e. The van der Waals surface area contributed by atoms with Crippen molar-refractivity contribution in [1.82, 2.24) is 5.32 Å². The van der Waals surface area contributed by atoms with E-state index in [9.17, 15) is 19.5 Å². The Labute approximate surface area is 203 Å². The van der Waals surface area contributed by atoms with Crippen LogP contribution in [0.25, 0.3) is 0 Å². The Morgan fingerprint density at radius 3 is 2.56 bits per heavy atom. The van der Waals surface area contributed by atoms with E-state index in [0.29, 0.717) is 29.8 Å². The number of benzene rings is 1. The fraction of sp³-hybridized carbons (Fsp3) is 0.480. The van der Waals surface area contributed by atoms with Gasteiger partial charge in [0, 0.05) is 22.9 Å². The number of phenols is 1. The number of Topliss-reactive ketones (excluding diaryl/α,β-unsaturated/α-hetero) is 1. The third kappa shape index (κ3) is 4.51. The first kappa shape index (κ1) is 25.6. The predicted octanol–water partition coefficient (Wildman–Crippen LogP) is 4.01. The summed E-state index contributed by atoms with van der Waals surface area (Å²) in [4.78, 5) is 39.6. The molecule has 184 valence electrons. The van der Waals surface area contributed by atoms with Gasteiger partial charge in [0.15, 0.2) is 17.3 Å². The Morgan fingerprint density at radius 1 is 1.29 bits per heavy atom. The molecule has 0 radical (unpaired) electrons. The van der Waals surface area contributed by atoms with E-state index < -0.39 is 29.6 Å². The summed E-state index contributed by atoms with van der Waals surface area (Å²) >= 11 is 6.27. The van der Waals surface area contributed by atoms with Crippen LogP contribution in [-0.2, 0) is 23.9 Å². The van der Waals surface area contributed by atoms with E-state index in [0.717, 1.165) is 0 Å². The van der Waals surface area contributed by atoms with Crippen molar-refractivity contribution in [1.29, 1.82) is 0 Å². The lowest BCUT2D eigenvalue weighted by atomic mass is 9.69. The number of carbonyl (C=O) groups is 3. The summed E-state index contributed by atoms with van der Waals surface area (Å²) in [5, 5.41) is 13.5. The molecule has 2 N–H and O–H groups in total. The van der Waals surface area contributed by atoms with Gasteiger partial charge in [-0.05, 0) is 50.3 Å². The zero-order valence-corrected chi connectivity index (χ0v) is 20.9. The molecule has 1 aromatic rings. The highest BCUT2D eigenvalue weighted by Crippen LogP contribution is 2.48. The molecule has 0 aromatic heterocycles. The van der Waals surface area contributed by atoms with Gasteiger partial charge in [0.25, 0.3) is 0 Å². The van der Waals surface area contributed by atoms with E-state index >= 15 is 0 Å². The molecule has 0 fully saturated rings. The molecule has 0 spiro atoms. The molecule has 1 aliphatic heterocycles. The van der Waals surface area contributed by atoms with Gasteiger partial charge in [0.1, 0.15) is 5.92 Å². The van der Waals surface area contributed by atoms with E-state index in [1.807, 2.05) is 13.8 Å². The third-order valence-electron chi connectivity index (χ3n) is 6.45. The van der Waals surface area contributed by atoms with Crippen LogP contribution >= 0.6 is 11.6 Å². The van der Waals surface area contributed by atoms with E-state index in [-0.39, 0.29) is 39.7 Å². The molecule has 34 heavy (non-hydrogen) atoms. The smallest absolute Gasteiger partial charge is 0.337 e. The summed E-state index contributed by atoms with van der Waals surface area (Å²) in [6.45, 7) is 7.23. The number of dihydropyridines is 1. The highest BCUT2D eigenvalue weighted by atomic mass is 35.5. The van der Waals surface area contributed by atoms with Crippen molar-refractivity contribution in [2.75, 3.05) is 14.2 Å². The lowest BCUT2D eigenvalue weighted by molar-refractivity contribution is -0.151. The maximum atomic E-state index is 13.7. The van der Waals surface area contributed by atoms with Gasteiger partial charge in [-0.1, -0.05) is 25.4 Å². The van der Waals surface area contributed by atoms with Crippen LogP contribution in [0.5, 0.6) is 11.5 Å². The van der Waals surface area contributed by atoms with Gasteiger partial charge in [0.05, 0.1) is 30.9 Å². The van der Waals surface area contributed by atoms with Crippen LogP contribution in [0, 0.1) is 11.8 Å². The number of hydrogen-bond acceptors (Lipinski definition) is 8. The van der Waals surface area contributed by atoms with Gasteiger partial charge < -0.3 is 24.6 Å². The first-order chi connectivity index (χ1) is 16.0. The van der Waals surface area contributed by atoms with E-state index in [1.165, 1.54) is 26.4 Å². The second kappa shape index (κ2) is 10.1. The number of allylic oxidation sites excluding steroid dienone is 3. The first-order valence-electron chi connectivity index (χ1n) is 11.2. The second-order valence-electron chi connectivity index (χ2n) is 8.71. The topological polar surface area (TPSA) is 111 Å². The highest BCUT2D eigenvalue weighted by Gasteiger charge is 2.47. The molecule has 0 saturated carbocycles. The zero-order valence-electron chi connectivity index (χ0n) is 20.2. The van der Waals surface area contributed by atoms with E-state index in [2.05, 4.69) is 5.32 Å². The number of esters is 2. The summed E-state index contributed by atoms with van der Waals surface area (Å²) in [7, 11) is 2.62. The van der Waals surface area contributed by atoms with Crippen molar-refractivity contribution in [3.63, 3.8) is 0 Å². The zero-order chi connectivity index (χ0) is 25.3. The Balaban J connectivity index is 2.25. The van der Waals surface area contributed by atoms with Crippen LogP contribution in [0.4, 0.5) is 0 Å². The molecule has 0 saturated heterocycles. The molecular formula is C25H30ClNO7. The number of halogens is 1. The largest absolute Gasteiger partial charge is 0.503 e. The summed E-state index contributed by atoms with van der Waals surface area (Å²) in [6.07, 6.45) is 0.682. The molecule has 2 aliphatic rings. The van der Waals surface area contributed by atoms with Crippen LogP contribution in [-0.4, -0.2) is 43.2 Å². The molecule has 1 heterocycles. The third-order valence-corrected chi connectivity index (χ3v) is 6.74. The minimum Gasteiger partial charge on any atom is -0.503 e. The van der Waals surface area contributed by atoms with Crippen molar-refractivity contribution < 1.29 is 33.7 Å². The molecule has 0 amide bonds. The lowest BCUT2D eigenvalue weighted by Crippen LogP contribution is -2.43. The van der Waals surface area contributed by atoms with Crippen molar-refractivity contribution in [3.8, 4) is 11.5 Å². The fourth-order valence-corrected chi connectivity index (χ4v) is 4.75. The van der Waals surface area contributed by atoms with E-state index in [1.54, 1.807) is 13.8 Å². The van der Waals surface area contributed by atoms with Crippen LogP contribution in [0.3, 0.4) is 0 Å². The number of ether oxygens (including phenoxy) is 3.